The average molecular weight is 334 g/mol. The van der Waals surface area contributed by atoms with Gasteiger partial charge in [-0.25, -0.2) is 9.97 Å². The number of hydrogen-bond acceptors (Lipinski definition) is 4. The minimum absolute atomic E-state index is 0.0212. The number of Topliss-reactive ketones (excluding diaryl/α,β-unsaturated/α-hetero) is 1. The van der Waals surface area contributed by atoms with Crippen LogP contribution in [0, 0.1) is 19.3 Å². The largest absolute Gasteiger partial charge is 0.368 e. The zero-order valence-electron chi connectivity index (χ0n) is 15.1. The van der Waals surface area contributed by atoms with Gasteiger partial charge in [-0.2, -0.15) is 0 Å². The van der Waals surface area contributed by atoms with Gasteiger partial charge in [-0.05, 0) is 49.9 Å². The third-order valence-electron chi connectivity index (χ3n) is 5.02. The molecule has 0 saturated carbocycles. The summed E-state index contributed by atoms with van der Waals surface area (Å²) in [6, 6.07) is 8.13. The number of aromatic nitrogens is 3. The molecule has 0 saturated heterocycles. The molecule has 0 atom stereocenters. The molecule has 0 bridgehead atoms. The Labute approximate surface area is 146 Å². The highest BCUT2D eigenvalue weighted by molar-refractivity contribution is 5.99. The lowest BCUT2D eigenvalue weighted by molar-refractivity contribution is 0.0911. The Kier molecular flexibility index (Phi) is 3.26. The summed E-state index contributed by atoms with van der Waals surface area (Å²) in [6.07, 6.45) is 1.48. The fourth-order valence-electron chi connectivity index (χ4n) is 3.95. The lowest BCUT2D eigenvalue weighted by Crippen LogP contribution is -2.27. The molecule has 1 aliphatic carbocycles. The molecule has 0 spiro atoms. The number of nitrogens with two attached hydrogens (primary N) is 1. The number of carbonyl (C=O) groups excluding carboxylic acids is 1. The predicted octanol–water partition coefficient (Wildman–Crippen LogP) is 3.77. The highest BCUT2D eigenvalue weighted by Crippen LogP contribution is 2.37. The zero-order chi connectivity index (χ0) is 17.9. The first kappa shape index (κ1) is 15.8. The summed E-state index contributed by atoms with van der Waals surface area (Å²) in [5.74, 6) is 0.515. The third kappa shape index (κ3) is 2.51. The summed E-state index contributed by atoms with van der Waals surface area (Å²) in [7, 11) is 0. The predicted molar refractivity (Wildman–Crippen MR) is 99.2 cm³/mol. The van der Waals surface area contributed by atoms with Gasteiger partial charge in [0, 0.05) is 34.4 Å². The van der Waals surface area contributed by atoms with E-state index >= 15 is 0 Å². The molecule has 0 radical (unpaired) electrons. The molecule has 1 aromatic carbocycles. The summed E-state index contributed by atoms with van der Waals surface area (Å²) in [5.41, 5.74) is 11.5. The minimum Gasteiger partial charge on any atom is -0.368 e. The number of nitrogen functional groups attached to an aromatic ring is 1. The second-order valence-electron chi connectivity index (χ2n) is 7.79. The number of carbonyl (C=O) groups is 1. The SMILES string of the molecule is Cc1nc(N)nc2cc(-n3c(C)cc4c3CC(C)(C)CC4=O)ccc12. The maximum Gasteiger partial charge on any atom is 0.220 e. The molecule has 25 heavy (non-hydrogen) atoms. The quantitative estimate of drug-likeness (QED) is 0.735. The van der Waals surface area contributed by atoms with E-state index < -0.39 is 0 Å². The molecule has 4 rings (SSSR count). The number of nitrogens with zero attached hydrogens (tertiary/aromatic N) is 3. The van der Waals surface area contributed by atoms with E-state index in [4.69, 9.17) is 5.73 Å². The van der Waals surface area contributed by atoms with Crippen molar-refractivity contribution in [2.75, 3.05) is 5.73 Å². The topological polar surface area (TPSA) is 73.8 Å². The van der Waals surface area contributed by atoms with E-state index in [-0.39, 0.29) is 17.1 Å². The van der Waals surface area contributed by atoms with Crippen LogP contribution >= 0.6 is 0 Å². The van der Waals surface area contributed by atoms with Crippen LogP contribution in [-0.4, -0.2) is 20.3 Å². The van der Waals surface area contributed by atoms with Crippen LogP contribution in [0.2, 0.25) is 0 Å². The minimum atomic E-state index is -0.0212. The van der Waals surface area contributed by atoms with Crippen LogP contribution in [-0.2, 0) is 6.42 Å². The molecule has 2 heterocycles. The van der Waals surface area contributed by atoms with E-state index in [9.17, 15) is 4.79 Å². The normalized spacial score (nSPS) is 16.2. The van der Waals surface area contributed by atoms with Crippen molar-refractivity contribution in [2.24, 2.45) is 5.41 Å². The summed E-state index contributed by atoms with van der Waals surface area (Å²) >= 11 is 0. The molecule has 5 heteroatoms. The lowest BCUT2D eigenvalue weighted by atomic mass is 9.76. The van der Waals surface area contributed by atoms with Crippen LogP contribution in [0.25, 0.3) is 16.6 Å². The number of anilines is 1. The second-order valence-corrected chi connectivity index (χ2v) is 7.79. The first-order chi connectivity index (χ1) is 11.7. The van der Waals surface area contributed by atoms with E-state index in [1.807, 2.05) is 32.0 Å². The fourth-order valence-corrected chi connectivity index (χ4v) is 3.95. The van der Waals surface area contributed by atoms with Crippen molar-refractivity contribution in [3.63, 3.8) is 0 Å². The Hall–Kier alpha value is -2.69. The molecule has 0 aliphatic heterocycles. The first-order valence-electron chi connectivity index (χ1n) is 8.54. The Morgan fingerprint density at radius 1 is 1.12 bits per heavy atom. The zero-order valence-corrected chi connectivity index (χ0v) is 15.1. The van der Waals surface area contributed by atoms with Crippen LogP contribution in [0.15, 0.2) is 24.3 Å². The number of aryl methyl sites for hydroxylation is 2. The molecule has 5 nitrogen and oxygen atoms in total. The van der Waals surface area contributed by atoms with Gasteiger partial charge in [-0.15, -0.1) is 0 Å². The summed E-state index contributed by atoms with van der Waals surface area (Å²) in [5, 5.41) is 0.994. The maximum atomic E-state index is 12.5. The van der Waals surface area contributed by atoms with E-state index in [0.717, 1.165) is 45.7 Å². The van der Waals surface area contributed by atoms with Crippen LogP contribution in [0.4, 0.5) is 5.95 Å². The van der Waals surface area contributed by atoms with E-state index in [2.05, 4.69) is 34.4 Å². The smallest absolute Gasteiger partial charge is 0.220 e. The van der Waals surface area contributed by atoms with Crippen molar-refractivity contribution in [2.45, 2.75) is 40.5 Å². The van der Waals surface area contributed by atoms with Gasteiger partial charge in [0.2, 0.25) is 5.95 Å². The fraction of sp³-hybridized carbons (Fsp3) is 0.350. The molecule has 3 aromatic rings. The van der Waals surface area contributed by atoms with Crippen molar-refractivity contribution < 1.29 is 4.79 Å². The molecule has 2 aromatic heterocycles. The van der Waals surface area contributed by atoms with Crippen LogP contribution in [0.5, 0.6) is 0 Å². The van der Waals surface area contributed by atoms with Gasteiger partial charge in [0.1, 0.15) is 0 Å². The lowest BCUT2D eigenvalue weighted by Gasteiger charge is -2.30. The third-order valence-corrected chi connectivity index (χ3v) is 5.02. The molecule has 128 valence electrons. The average Bonchev–Trinajstić information content (AvgIpc) is 2.81. The monoisotopic (exact) mass is 334 g/mol. The second kappa shape index (κ2) is 5.15. The van der Waals surface area contributed by atoms with Gasteiger partial charge in [0.25, 0.3) is 0 Å². The summed E-state index contributed by atoms with van der Waals surface area (Å²) in [4.78, 5) is 21.2. The molecule has 0 fully saturated rings. The molecular formula is C20H22N4O. The molecular weight excluding hydrogens is 312 g/mol. The van der Waals surface area contributed by atoms with Crippen LogP contribution < -0.4 is 5.73 Å². The number of benzene rings is 1. The van der Waals surface area contributed by atoms with Crippen molar-refractivity contribution >= 4 is 22.6 Å². The summed E-state index contributed by atoms with van der Waals surface area (Å²) < 4.78 is 2.18. The van der Waals surface area contributed by atoms with Crippen molar-refractivity contribution in [1.29, 1.82) is 0 Å². The Morgan fingerprint density at radius 2 is 1.88 bits per heavy atom. The van der Waals surface area contributed by atoms with Crippen molar-refractivity contribution in [1.82, 2.24) is 14.5 Å². The number of rotatable bonds is 1. The number of ketones is 1. The van der Waals surface area contributed by atoms with Gasteiger partial charge in [0.15, 0.2) is 5.78 Å². The highest BCUT2D eigenvalue weighted by Gasteiger charge is 2.34. The van der Waals surface area contributed by atoms with E-state index in [1.165, 1.54) is 0 Å². The molecule has 0 amide bonds. The van der Waals surface area contributed by atoms with Gasteiger partial charge in [-0.3, -0.25) is 4.79 Å². The molecule has 0 unspecified atom stereocenters. The Bertz CT molecular complexity index is 1030. The first-order valence-corrected chi connectivity index (χ1v) is 8.54. The Balaban J connectivity index is 1.94. The van der Waals surface area contributed by atoms with E-state index in [1.54, 1.807) is 0 Å². The van der Waals surface area contributed by atoms with Crippen LogP contribution in [0.3, 0.4) is 0 Å². The molecule has 2 N–H and O–H groups in total. The van der Waals surface area contributed by atoms with Gasteiger partial charge < -0.3 is 10.3 Å². The highest BCUT2D eigenvalue weighted by atomic mass is 16.1. The standard InChI is InChI=1S/C20H22N4O/c1-11-7-15-17(9-20(3,4)10-18(15)25)24(11)13-5-6-14-12(2)22-19(21)23-16(14)8-13/h5-8H,9-10H2,1-4H3,(H2,21,22,23). The van der Waals surface area contributed by atoms with Gasteiger partial charge >= 0.3 is 0 Å². The van der Waals surface area contributed by atoms with E-state index in [0.29, 0.717) is 6.42 Å². The van der Waals surface area contributed by atoms with Crippen LogP contribution in [0.1, 0.15) is 47.7 Å². The Morgan fingerprint density at radius 3 is 2.64 bits per heavy atom. The maximum absolute atomic E-state index is 12.5. The molecule has 1 aliphatic rings. The summed E-state index contributed by atoms with van der Waals surface area (Å²) in [6.45, 7) is 8.28. The van der Waals surface area contributed by atoms with Crippen molar-refractivity contribution in [3.05, 3.63) is 46.9 Å². The number of hydrogen-bond donors (Lipinski definition) is 1. The van der Waals surface area contributed by atoms with Crippen molar-refractivity contribution in [3.8, 4) is 5.69 Å². The van der Waals surface area contributed by atoms with Gasteiger partial charge in [0.05, 0.1) is 11.2 Å². The number of fused-ring (bicyclic) bond motifs is 2. The van der Waals surface area contributed by atoms with Gasteiger partial charge in [-0.1, -0.05) is 13.8 Å².